The fourth-order valence-electron chi connectivity index (χ4n) is 1.33. The summed E-state index contributed by atoms with van der Waals surface area (Å²) in [6.45, 7) is 4.79. The first-order valence-electron chi connectivity index (χ1n) is 5.11. The van der Waals surface area contributed by atoms with Gasteiger partial charge in [0.2, 0.25) is 0 Å². The number of rotatable bonds is 1. The Morgan fingerprint density at radius 1 is 1.42 bits per heavy atom. The standard InChI is InChI=1S/C13H11ClF3NO/c1-8(2)5-6-12(19,13(15,16)17)10-7-9(14)3-4-11(10)18/h3-4,7,19H,1,18H2,2H3/t12-/m0/s1. The monoisotopic (exact) mass is 289 g/mol. The van der Waals surface area contributed by atoms with Crippen LogP contribution in [0.5, 0.6) is 0 Å². The minimum Gasteiger partial charge on any atom is -0.398 e. The van der Waals surface area contributed by atoms with E-state index in [1.54, 1.807) is 5.92 Å². The normalized spacial score (nSPS) is 14.2. The molecule has 0 heterocycles. The van der Waals surface area contributed by atoms with Crippen molar-refractivity contribution in [3.63, 3.8) is 0 Å². The molecule has 0 aliphatic rings. The van der Waals surface area contributed by atoms with E-state index in [2.05, 4.69) is 12.5 Å². The van der Waals surface area contributed by atoms with Crippen LogP contribution in [0.4, 0.5) is 18.9 Å². The first-order valence-corrected chi connectivity index (χ1v) is 5.49. The van der Waals surface area contributed by atoms with Gasteiger partial charge >= 0.3 is 6.18 Å². The molecule has 1 aromatic rings. The van der Waals surface area contributed by atoms with E-state index in [1.807, 2.05) is 0 Å². The van der Waals surface area contributed by atoms with Crippen molar-refractivity contribution in [3.8, 4) is 11.8 Å². The molecule has 102 valence electrons. The van der Waals surface area contributed by atoms with Crippen LogP contribution >= 0.6 is 11.6 Å². The molecule has 0 saturated carbocycles. The molecule has 1 rings (SSSR count). The summed E-state index contributed by atoms with van der Waals surface area (Å²) in [5, 5.41) is 9.91. The summed E-state index contributed by atoms with van der Waals surface area (Å²) < 4.78 is 39.2. The van der Waals surface area contributed by atoms with Crippen molar-refractivity contribution in [3.05, 3.63) is 40.9 Å². The van der Waals surface area contributed by atoms with E-state index in [0.29, 0.717) is 0 Å². The Morgan fingerprint density at radius 3 is 2.47 bits per heavy atom. The Morgan fingerprint density at radius 2 is 2.00 bits per heavy atom. The Kier molecular flexibility index (Phi) is 4.18. The number of aliphatic hydroxyl groups is 1. The van der Waals surface area contributed by atoms with E-state index in [9.17, 15) is 18.3 Å². The predicted octanol–water partition coefficient (Wildman–Crippen LogP) is 3.25. The van der Waals surface area contributed by atoms with Gasteiger partial charge in [0, 0.05) is 16.3 Å². The van der Waals surface area contributed by atoms with Crippen molar-refractivity contribution >= 4 is 17.3 Å². The zero-order valence-electron chi connectivity index (χ0n) is 9.98. The molecule has 0 spiro atoms. The highest BCUT2D eigenvalue weighted by molar-refractivity contribution is 6.30. The summed E-state index contributed by atoms with van der Waals surface area (Å²) in [5.74, 6) is 3.89. The lowest BCUT2D eigenvalue weighted by Crippen LogP contribution is -2.41. The van der Waals surface area contributed by atoms with Gasteiger partial charge in [0.25, 0.3) is 5.60 Å². The Balaban J connectivity index is 3.54. The van der Waals surface area contributed by atoms with E-state index in [0.717, 1.165) is 6.07 Å². The molecule has 3 N–H and O–H groups in total. The average Bonchev–Trinajstić information content (AvgIpc) is 2.27. The van der Waals surface area contributed by atoms with E-state index in [4.69, 9.17) is 17.3 Å². The lowest BCUT2D eigenvalue weighted by atomic mass is 9.92. The van der Waals surface area contributed by atoms with Gasteiger partial charge in [-0.05, 0) is 36.6 Å². The summed E-state index contributed by atoms with van der Waals surface area (Å²) in [6, 6.07) is 3.44. The van der Waals surface area contributed by atoms with Gasteiger partial charge < -0.3 is 10.8 Å². The van der Waals surface area contributed by atoms with Gasteiger partial charge in [0.15, 0.2) is 0 Å². The summed E-state index contributed by atoms with van der Waals surface area (Å²) in [5.41, 5.74) is 1.42. The van der Waals surface area contributed by atoms with Crippen molar-refractivity contribution in [1.82, 2.24) is 0 Å². The van der Waals surface area contributed by atoms with Gasteiger partial charge in [-0.2, -0.15) is 13.2 Å². The molecular weight excluding hydrogens is 279 g/mol. The van der Waals surface area contributed by atoms with Crippen LogP contribution in [-0.2, 0) is 5.60 Å². The number of hydrogen-bond donors (Lipinski definition) is 2. The van der Waals surface area contributed by atoms with Crippen molar-refractivity contribution in [1.29, 1.82) is 0 Å². The van der Waals surface area contributed by atoms with Crippen molar-refractivity contribution in [2.45, 2.75) is 18.7 Å². The quantitative estimate of drug-likeness (QED) is 0.616. The largest absolute Gasteiger partial charge is 0.433 e. The first-order chi connectivity index (χ1) is 8.58. The lowest BCUT2D eigenvalue weighted by molar-refractivity contribution is -0.240. The summed E-state index contributed by atoms with van der Waals surface area (Å²) >= 11 is 5.64. The number of alkyl halides is 3. The summed E-state index contributed by atoms with van der Waals surface area (Å²) in [7, 11) is 0. The minimum atomic E-state index is -5.02. The fraction of sp³-hybridized carbons (Fsp3) is 0.231. The number of nitrogen functional groups attached to an aromatic ring is 1. The molecule has 0 unspecified atom stereocenters. The van der Waals surface area contributed by atoms with Crippen LogP contribution in [0.1, 0.15) is 12.5 Å². The van der Waals surface area contributed by atoms with Crippen LogP contribution < -0.4 is 5.73 Å². The summed E-state index contributed by atoms with van der Waals surface area (Å²) in [6.07, 6.45) is -5.02. The van der Waals surface area contributed by atoms with Crippen LogP contribution in [0.25, 0.3) is 0 Å². The van der Waals surface area contributed by atoms with Gasteiger partial charge in [0.1, 0.15) is 0 Å². The molecule has 0 amide bonds. The molecule has 0 aromatic heterocycles. The average molecular weight is 290 g/mol. The number of anilines is 1. The van der Waals surface area contributed by atoms with Gasteiger partial charge in [-0.15, -0.1) is 0 Å². The molecular formula is C13H11ClF3NO. The van der Waals surface area contributed by atoms with Crippen LogP contribution in [0.15, 0.2) is 30.4 Å². The first kappa shape index (κ1) is 15.4. The number of benzene rings is 1. The molecule has 0 bridgehead atoms. The molecule has 0 saturated heterocycles. The highest BCUT2D eigenvalue weighted by Crippen LogP contribution is 2.41. The van der Waals surface area contributed by atoms with Crippen LogP contribution in [0.2, 0.25) is 5.02 Å². The predicted molar refractivity (Wildman–Crippen MR) is 68.4 cm³/mol. The molecule has 0 aliphatic carbocycles. The second kappa shape index (κ2) is 5.16. The SMILES string of the molecule is C=C(C)C#C[C@](O)(c1cc(Cl)ccc1N)C(F)(F)F. The zero-order chi connectivity index (χ0) is 14.8. The van der Waals surface area contributed by atoms with E-state index < -0.39 is 17.3 Å². The third-order valence-corrected chi connectivity index (χ3v) is 2.51. The zero-order valence-corrected chi connectivity index (χ0v) is 10.7. The maximum Gasteiger partial charge on any atom is 0.433 e. The highest BCUT2D eigenvalue weighted by atomic mass is 35.5. The highest BCUT2D eigenvalue weighted by Gasteiger charge is 2.55. The maximum absolute atomic E-state index is 13.1. The molecule has 0 fully saturated rings. The Hall–Kier alpha value is -1.64. The van der Waals surface area contributed by atoms with Crippen LogP contribution in [0, 0.1) is 11.8 Å². The molecule has 2 nitrogen and oxygen atoms in total. The number of halogens is 4. The van der Waals surface area contributed by atoms with Gasteiger partial charge in [0.05, 0.1) is 0 Å². The van der Waals surface area contributed by atoms with E-state index in [1.165, 1.54) is 19.1 Å². The number of nitrogens with two attached hydrogens (primary N) is 1. The van der Waals surface area contributed by atoms with E-state index in [-0.39, 0.29) is 16.3 Å². The van der Waals surface area contributed by atoms with Gasteiger partial charge in [-0.25, -0.2) is 0 Å². The van der Waals surface area contributed by atoms with Crippen LogP contribution in [0.3, 0.4) is 0 Å². The molecule has 1 aromatic carbocycles. The van der Waals surface area contributed by atoms with Crippen molar-refractivity contribution in [2.24, 2.45) is 0 Å². The lowest BCUT2D eigenvalue weighted by Gasteiger charge is -2.27. The Bertz CT molecular complexity index is 571. The van der Waals surface area contributed by atoms with Crippen LogP contribution in [-0.4, -0.2) is 11.3 Å². The topological polar surface area (TPSA) is 46.2 Å². The third kappa shape index (κ3) is 3.22. The van der Waals surface area contributed by atoms with Gasteiger partial charge in [-0.3, -0.25) is 0 Å². The second-order valence-corrected chi connectivity index (χ2v) is 4.41. The smallest absolute Gasteiger partial charge is 0.398 e. The number of allylic oxidation sites excluding steroid dienone is 1. The van der Waals surface area contributed by atoms with Gasteiger partial charge in [-0.1, -0.05) is 24.1 Å². The molecule has 1 atom stereocenters. The molecule has 0 radical (unpaired) electrons. The minimum absolute atomic E-state index is 0.0176. The number of hydrogen-bond acceptors (Lipinski definition) is 2. The second-order valence-electron chi connectivity index (χ2n) is 3.97. The van der Waals surface area contributed by atoms with Crippen molar-refractivity contribution in [2.75, 3.05) is 5.73 Å². The van der Waals surface area contributed by atoms with E-state index >= 15 is 0 Å². The maximum atomic E-state index is 13.1. The molecule has 6 heteroatoms. The fourth-order valence-corrected chi connectivity index (χ4v) is 1.50. The molecule has 0 aliphatic heterocycles. The summed E-state index contributed by atoms with van der Waals surface area (Å²) in [4.78, 5) is 0. The Labute approximate surface area is 113 Å². The molecule has 19 heavy (non-hydrogen) atoms. The third-order valence-electron chi connectivity index (χ3n) is 2.27. The van der Waals surface area contributed by atoms with Crippen molar-refractivity contribution < 1.29 is 18.3 Å².